The molecule has 0 aliphatic carbocycles. The Labute approximate surface area is 170 Å². The van der Waals surface area contributed by atoms with Crippen molar-refractivity contribution in [2.75, 3.05) is 0 Å². The predicted molar refractivity (Wildman–Crippen MR) is 90.9 cm³/mol. The number of hydrogen-bond acceptors (Lipinski definition) is 0. The van der Waals surface area contributed by atoms with Crippen molar-refractivity contribution in [3.8, 4) is 0 Å². The Morgan fingerprint density at radius 2 is 0.913 bits per heavy atom. The van der Waals surface area contributed by atoms with Gasteiger partial charge in [0, 0.05) is 0 Å². The summed E-state index contributed by atoms with van der Waals surface area (Å²) >= 11 is 0. The third kappa shape index (κ3) is 9.77. The molecule has 0 fully saturated rings. The minimum absolute atomic E-state index is 0. The summed E-state index contributed by atoms with van der Waals surface area (Å²) in [5.41, 5.74) is 6.23. The summed E-state index contributed by atoms with van der Waals surface area (Å²) in [6.45, 7) is 17.7. The first-order chi connectivity index (χ1) is 9.00. The summed E-state index contributed by atoms with van der Waals surface area (Å²) in [7, 11) is 0. The zero-order valence-electron chi connectivity index (χ0n) is 15.7. The molecule has 0 nitrogen and oxygen atoms in total. The van der Waals surface area contributed by atoms with Gasteiger partial charge in [0.1, 0.15) is 0 Å². The van der Waals surface area contributed by atoms with E-state index in [1.54, 1.807) is 0 Å². The van der Waals surface area contributed by atoms with E-state index in [0.29, 0.717) is 10.8 Å². The maximum absolute atomic E-state index is 2.25. The van der Waals surface area contributed by atoms with Crippen molar-refractivity contribution >= 4 is 0 Å². The molecule has 128 valence electrons. The molecule has 0 radical (unpaired) electrons. The minimum Gasteiger partial charge on any atom is -1.00 e. The third-order valence-corrected chi connectivity index (χ3v) is 3.55. The van der Waals surface area contributed by atoms with E-state index in [9.17, 15) is 0 Å². The molecule has 2 aromatic rings. The second-order valence-corrected chi connectivity index (χ2v) is 7.85. The van der Waals surface area contributed by atoms with E-state index in [-0.39, 0.29) is 46.5 Å². The van der Waals surface area contributed by atoms with Gasteiger partial charge in [-0.25, -0.2) is 23.3 Å². The quantitative estimate of drug-likeness (QED) is 0.441. The Morgan fingerprint density at radius 1 is 0.652 bits per heavy atom. The van der Waals surface area contributed by atoms with Crippen molar-refractivity contribution in [2.45, 2.75) is 66.2 Å². The smallest absolute Gasteiger partial charge is 1.00 e. The first kappa shape index (κ1) is 27.8. The molecule has 0 aliphatic heterocycles. The Bertz CT molecular complexity index is 486. The van der Waals surface area contributed by atoms with E-state index >= 15 is 0 Å². The number of halogens is 2. The standard InChI is InChI=1S/2C10H15.2ClH.Ti/c2*1-8-5-6-9(7-8)10(2,3)4;;;/h2*5-7H,1-4H3;2*1H;/q2*-1;;;+4/p-2. The minimum atomic E-state index is 0. The maximum Gasteiger partial charge on any atom is 4.00 e. The van der Waals surface area contributed by atoms with Crippen LogP contribution in [0.4, 0.5) is 0 Å². The molecule has 0 atom stereocenters. The Balaban J connectivity index is -0.000000308. The van der Waals surface area contributed by atoms with Crippen LogP contribution in [-0.2, 0) is 32.5 Å². The average molecular weight is 389 g/mol. The van der Waals surface area contributed by atoms with Crippen molar-refractivity contribution in [1.82, 2.24) is 0 Å². The van der Waals surface area contributed by atoms with Crippen molar-refractivity contribution in [2.24, 2.45) is 0 Å². The van der Waals surface area contributed by atoms with E-state index in [1.165, 1.54) is 22.3 Å². The summed E-state index contributed by atoms with van der Waals surface area (Å²) in [5.74, 6) is 0. The van der Waals surface area contributed by atoms with Gasteiger partial charge in [-0.2, -0.15) is 35.4 Å². The number of rotatable bonds is 0. The Hall–Kier alpha value is -0.00571. The van der Waals surface area contributed by atoms with Crippen molar-refractivity contribution in [3.05, 3.63) is 58.7 Å². The van der Waals surface area contributed by atoms with E-state index in [2.05, 4.69) is 91.8 Å². The molecule has 23 heavy (non-hydrogen) atoms. The molecule has 0 aliphatic rings. The van der Waals surface area contributed by atoms with Gasteiger partial charge in [0.25, 0.3) is 0 Å². The van der Waals surface area contributed by atoms with Crippen LogP contribution in [0.25, 0.3) is 0 Å². The van der Waals surface area contributed by atoms with E-state index in [0.717, 1.165) is 0 Å². The normalized spacial score (nSPS) is 10.4. The zero-order valence-corrected chi connectivity index (χ0v) is 18.8. The monoisotopic (exact) mass is 388 g/mol. The van der Waals surface area contributed by atoms with Gasteiger partial charge in [0.2, 0.25) is 0 Å². The van der Waals surface area contributed by atoms with Crippen LogP contribution < -0.4 is 24.8 Å². The molecule has 0 N–H and O–H groups in total. The molecule has 0 unspecified atom stereocenters. The number of aryl methyl sites for hydroxylation is 2. The Morgan fingerprint density at radius 3 is 1.00 bits per heavy atom. The predicted octanol–water partition coefficient (Wildman–Crippen LogP) is 0.0283. The first-order valence-electron chi connectivity index (χ1n) is 7.48. The fraction of sp³-hybridized carbons (Fsp3) is 0.500. The SMILES string of the molecule is Cc1cc[c-](C(C)(C)C)c1.Cc1cc[c-](C(C)(C)C)c1.[Cl-].[Cl-].[Ti+4]. The van der Waals surface area contributed by atoms with Crippen LogP contribution in [0, 0.1) is 13.8 Å². The van der Waals surface area contributed by atoms with Gasteiger partial charge in [-0.05, 0) is 0 Å². The van der Waals surface area contributed by atoms with Crippen LogP contribution in [-0.4, -0.2) is 0 Å². The first-order valence-corrected chi connectivity index (χ1v) is 7.48. The third-order valence-electron chi connectivity index (χ3n) is 3.55. The molecule has 0 spiro atoms. The second kappa shape index (κ2) is 10.8. The molecular formula is C20H30Cl2Ti. The van der Waals surface area contributed by atoms with Crippen LogP contribution in [0.5, 0.6) is 0 Å². The molecule has 0 saturated heterocycles. The van der Waals surface area contributed by atoms with E-state index in [4.69, 9.17) is 0 Å². The van der Waals surface area contributed by atoms with Crippen LogP contribution in [0.2, 0.25) is 0 Å². The van der Waals surface area contributed by atoms with Gasteiger partial charge in [0.15, 0.2) is 0 Å². The van der Waals surface area contributed by atoms with Crippen molar-refractivity contribution < 1.29 is 46.5 Å². The largest absolute Gasteiger partial charge is 4.00 e. The summed E-state index contributed by atoms with van der Waals surface area (Å²) in [6.07, 6.45) is 0. The molecule has 2 rings (SSSR count). The van der Waals surface area contributed by atoms with Crippen molar-refractivity contribution in [1.29, 1.82) is 0 Å². The van der Waals surface area contributed by atoms with Gasteiger partial charge < -0.3 is 24.8 Å². The van der Waals surface area contributed by atoms with Crippen LogP contribution in [0.3, 0.4) is 0 Å². The van der Waals surface area contributed by atoms with Crippen molar-refractivity contribution in [3.63, 3.8) is 0 Å². The zero-order chi connectivity index (χ0) is 15.6. The Kier molecular flexibility index (Phi) is 13.0. The van der Waals surface area contributed by atoms with Crippen LogP contribution >= 0.6 is 0 Å². The van der Waals surface area contributed by atoms with Gasteiger partial charge in [-0.15, -0.1) is 0 Å². The van der Waals surface area contributed by atoms with E-state index in [1.807, 2.05) is 0 Å². The summed E-state index contributed by atoms with van der Waals surface area (Å²) in [4.78, 5) is 0. The number of hydrogen-bond donors (Lipinski definition) is 0. The van der Waals surface area contributed by atoms with Gasteiger partial charge in [0.05, 0.1) is 0 Å². The summed E-state index contributed by atoms with van der Waals surface area (Å²) in [6, 6.07) is 13.2. The molecule has 3 heteroatoms. The average Bonchev–Trinajstić information content (AvgIpc) is 2.85. The fourth-order valence-corrected chi connectivity index (χ4v) is 2.06. The molecule has 0 heterocycles. The molecule has 0 bridgehead atoms. The van der Waals surface area contributed by atoms with Gasteiger partial charge in [-0.1, -0.05) is 66.2 Å². The van der Waals surface area contributed by atoms with Crippen LogP contribution in [0.1, 0.15) is 63.8 Å². The topological polar surface area (TPSA) is 0 Å². The van der Waals surface area contributed by atoms with Gasteiger partial charge in [-0.3, -0.25) is 0 Å². The molecule has 0 aromatic heterocycles. The maximum atomic E-state index is 2.25. The van der Waals surface area contributed by atoms with Crippen LogP contribution in [0.15, 0.2) is 36.4 Å². The second-order valence-electron chi connectivity index (χ2n) is 7.85. The summed E-state index contributed by atoms with van der Waals surface area (Å²) < 4.78 is 0. The van der Waals surface area contributed by atoms with E-state index < -0.39 is 0 Å². The van der Waals surface area contributed by atoms with Gasteiger partial charge >= 0.3 is 21.7 Å². The molecular weight excluding hydrogens is 359 g/mol. The molecule has 2 aromatic carbocycles. The molecule has 0 saturated carbocycles. The summed E-state index contributed by atoms with van der Waals surface area (Å²) in [5, 5.41) is 0. The molecule has 0 amide bonds. The fourth-order valence-electron chi connectivity index (χ4n) is 2.06.